The number of carbonyl (C=O) groups is 2. The van der Waals surface area contributed by atoms with Crippen LogP contribution in [0.15, 0.2) is 99.2 Å². The molecular formula is C31H26N2O6S. The zero-order valence-corrected chi connectivity index (χ0v) is 22.7. The Morgan fingerprint density at radius 2 is 1.62 bits per heavy atom. The van der Waals surface area contributed by atoms with Crippen LogP contribution >= 0.6 is 11.8 Å². The zero-order chi connectivity index (χ0) is 28.1. The van der Waals surface area contributed by atoms with Crippen molar-refractivity contribution in [2.24, 2.45) is 4.99 Å². The largest absolute Gasteiger partial charge is 0.497 e. The lowest BCUT2D eigenvalue weighted by molar-refractivity contribution is -0.122. The van der Waals surface area contributed by atoms with Crippen molar-refractivity contribution < 1.29 is 28.6 Å². The lowest BCUT2D eigenvalue weighted by Gasteiger charge is -2.16. The van der Waals surface area contributed by atoms with E-state index in [1.165, 1.54) is 17.8 Å². The van der Waals surface area contributed by atoms with E-state index in [4.69, 9.17) is 18.9 Å². The quantitative estimate of drug-likeness (QED) is 0.241. The Hall–Kier alpha value is -4.76. The Bertz CT molecular complexity index is 1590. The van der Waals surface area contributed by atoms with Gasteiger partial charge in [-0.15, -0.1) is 0 Å². The molecule has 1 N–H and O–H groups in total. The van der Waals surface area contributed by atoms with Gasteiger partial charge in [-0.25, -0.2) is 4.79 Å². The van der Waals surface area contributed by atoms with Gasteiger partial charge in [0.05, 0.1) is 37.8 Å². The van der Waals surface area contributed by atoms with Crippen molar-refractivity contribution >= 4 is 34.9 Å². The van der Waals surface area contributed by atoms with Crippen LogP contribution in [0.2, 0.25) is 0 Å². The summed E-state index contributed by atoms with van der Waals surface area (Å²) >= 11 is 1.29. The molecule has 0 bridgehead atoms. The van der Waals surface area contributed by atoms with Crippen LogP contribution in [-0.2, 0) is 17.9 Å². The van der Waals surface area contributed by atoms with E-state index in [-0.39, 0.29) is 11.5 Å². The van der Waals surface area contributed by atoms with Gasteiger partial charge in [-0.2, -0.15) is 0 Å². The highest BCUT2D eigenvalue weighted by molar-refractivity contribution is 8.18. The molecule has 2 heterocycles. The number of methoxy groups -OCH3 is 2. The molecule has 9 heteroatoms. The Morgan fingerprint density at radius 3 is 2.27 bits per heavy atom. The normalized spacial score (nSPS) is 15.2. The molecule has 1 aliphatic heterocycles. The van der Waals surface area contributed by atoms with Crippen molar-refractivity contribution in [3.63, 3.8) is 0 Å². The first-order chi connectivity index (χ1) is 19.4. The summed E-state index contributed by atoms with van der Waals surface area (Å²) in [5.74, 6) is 1.30. The van der Waals surface area contributed by atoms with Gasteiger partial charge in [0.25, 0.3) is 5.91 Å². The molecule has 0 radical (unpaired) electrons. The fourth-order valence-corrected chi connectivity index (χ4v) is 5.04. The standard InChI is InChI=1S/C31H26N2O6S/c1-37-24-10-6-20(7-11-24)18-32-31-33(19-21-8-12-25(38-2)13-9-21)29(34)28(40-31)17-26-14-15-27(39-26)22-4-3-5-23(16-22)30(35)36/h3-17H,18-19H2,1-2H3,(H,35,36)/b28-17-,32-31?. The number of carbonyl (C=O) groups excluding carboxylic acids is 1. The molecule has 1 aliphatic rings. The van der Waals surface area contributed by atoms with E-state index in [9.17, 15) is 14.7 Å². The van der Waals surface area contributed by atoms with E-state index in [0.717, 1.165) is 22.6 Å². The smallest absolute Gasteiger partial charge is 0.335 e. The predicted octanol–water partition coefficient (Wildman–Crippen LogP) is 6.33. The van der Waals surface area contributed by atoms with Gasteiger partial charge < -0.3 is 19.0 Å². The summed E-state index contributed by atoms with van der Waals surface area (Å²) in [6.07, 6.45) is 1.69. The van der Waals surface area contributed by atoms with Crippen molar-refractivity contribution in [3.8, 4) is 22.8 Å². The van der Waals surface area contributed by atoms with Crippen molar-refractivity contribution in [3.05, 3.63) is 112 Å². The average molecular weight is 555 g/mol. The molecule has 5 rings (SSSR count). The molecular weight excluding hydrogens is 528 g/mol. The summed E-state index contributed by atoms with van der Waals surface area (Å²) in [5, 5.41) is 9.88. The number of hydrogen-bond donors (Lipinski definition) is 1. The Balaban J connectivity index is 1.41. The topological polar surface area (TPSA) is 102 Å². The number of nitrogens with zero attached hydrogens (tertiary/aromatic N) is 2. The monoisotopic (exact) mass is 554 g/mol. The third-order valence-corrected chi connectivity index (χ3v) is 7.28. The fourth-order valence-electron chi connectivity index (χ4n) is 4.09. The molecule has 40 heavy (non-hydrogen) atoms. The van der Waals surface area contributed by atoms with Gasteiger partial charge in [0, 0.05) is 11.6 Å². The van der Waals surface area contributed by atoms with Crippen molar-refractivity contribution in [1.29, 1.82) is 0 Å². The van der Waals surface area contributed by atoms with E-state index in [1.807, 2.05) is 48.5 Å². The minimum absolute atomic E-state index is 0.169. The zero-order valence-electron chi connectivity index (χ0n) is 21.9. The fraction of sp³-hybridized carbons (Fsp3) is 0.129. The second kappa shape index (κ2) is 12.0. The third-order valence-electron chi connectivity index (χ3n) is 6.24. The van der Waals surface area contributed by atoms with Crippen LogP contribution in [-0.4, -0.2) is 41.3 Å². The maximum absolute atomic E-state index is 13.5. The number of aliphatic imine (C=N–C) groups is 1. The maximum atomic E-state index is 13.5. The number of ether oxygens (including phenoxy) is 2. The predicted molar refractivity (Wildman–Crippen MR) is 154 cm³/mol. The van der Waals surface area contributed by atoms with E-state index in [0.29, 0.717) is 40.2 Å². The summed E-state index contributed by atoms with van der Waals surface area (Å²) in [6.45, 7) is 0.747. The molecule has 0 saturated carbocycles. The van der Waals surface area contributed by atoms with Gasteiger partial charge in [0.15, 0.2) is 5.17 Å². The minimum Gasteiger partial charge on any atom is -0.497 e. The van der Waals surface area contributed by atoms with Crippen LogP contribution in [0.5, 0.6) is 11.5 Å². The Morgan fingerprint density at radius 1 is 0.950 bits per heavy atom. The van der Waals surface area contributed by atoms with Crippen molar-refractivity contribution in [1.82, 2.24) is 4.90 Å². The summed E-state index contributed by atoms with van der Waals surface area (Å²) in [6, 6.07) is 25.2. The van der Waals surface area contributed by atoms with Gasteiger partial charge in [0.2, 0.25) is 0 Å². The molecule has 4 aromatic rings. The van der Waals surface area contributed by atoms with E-state index in [1.54, 1.807) is 55.5 Å². The highest BCUT2D eigenvalue weighted by Gasteiger charge is 2.33. The second-order valence-electron chi connectivity index (χ2n) is 8.88. The number of rotatable bonds is 9. The summed E-state index contributed by atoms with van der Waals surface area (Å²) < 4.78 is 16.4. The number of amides is 1. The molecule has 1 amide bonds. The molecule has 1 fully saturated rings. The number of aromatic carboxylic acids is 1. The SMILES string of the molecule is COc1ccc(CN=C2S/C(=C\c3ccc(-c4cccc(C(=O)O)c4)o3)C(=O)N2Cc2ccc(OC)cc2)cc1. The van der Waals surface area contributed by atoms with Crippen molar-refractivity contribution in [2.75, 3.05) is 14.2 Å². The van der Waals surface area contributed by atoms with Gasteiger partial charge in [0.1, 0.15) is 23.0 Å². The minimum atomic E-state index is -1.01. The number of thioether (sulfide) groups is 1. The van der Waals surface area contributed by atoms with Crippen molar-refractivity contribution in [2.45, 2.75) is 13.1 Å². The molecule has 0 atom stereocenters. The Kier molecular flexibility index (Phi) is 8.02. The van der Waals surface area contributed by atoms with Gasteiger partial charge in [-0.1, -0.05) is 36.4 Å². The highest BCUT2D eigenvalue weighted by atomic mass is 32.2. The van der Waals surface area contributed by atoms with Crippen LogP contribution in [0.1, 0.15) is 27.2 Å². The van der Waals surface area contributed by atoms with E-state index >= 15 is 0 Å². The molecule has 202 valence electrons. The van der Waals surface area contributed by atoms with Crippen LogP contribution in [0.4, 0.5) is 0 Å². The molecule has 0 unspecified atom stereocenters. The number of amidine groups is 1. The number of carboxylic acid groups (broad SMARTS) is 1. The first kappa shape index (κ1) is 26.8. The summed E-state index contributed by atoms with van der Waals surface area (Å²) in [4.78, 5) is 31.8. The maximum Gasteiger partial charge on any atom is 0.335 e. The Labute approximate surface area is 235 Å². The molecule has 0 spiro atoms. The summed E-state index contributed by atoms with van der Waals surface area (Å²) in [5.41, 5.74) is 2.73. The van der Waals surface area contributed by atoms with E-state index < -0.39 is 5.97 Å². The van der Waals surface area contributed by atoms with Gasteiger partial charge >= 0.3 is 5.97 Å². The van der Waals surface area contributed by atoms with Crippen LogP contribution < -0.4 is 9.47 Å². The lowest BCUT2D eigenvalue weighted by atomic mass is 10.1. The van der Waals surface area contributed by atoms with Crippen LogP contribution in [0.25, 0.3) is 17.4 Å². The van der Waals surface area contributed by atoms with Gasteiger partial charge in [-0.05, 0) is 71.4 Å². The van der Waals surface area contributed by atoms with Crippen LogP contribution in [0.3, 0.4) is 0 Å². The lowest BCUT2D eigenvalue weighted by Crippen LogP contribution is -2.28. The third kappa shape index (κ3) is 6.10. The molecule has 8 nitrogen and oxygen atoms in total. The first-order valence-corrected chi connectivity index (χ1v) is 13.2. The van der Waals surface area contributed by atoms with Crippen LogP contribution in [0, 0.1) is 0 Å². The summed E-state index contributed by atoms with van der Waals surface area (Å²) in [7, 11) is 3.23. The number of hydrogen-bond acceptors (Lipinski definition) is 7. The number of carboxylic acids is 1. The molecule has 0 aliphatic carbocycles. The second-order valence-corrected chi connectivity index (χ2v) is 9.89. The average Bonchev–Trinajstić information content (AvgIpc) is 3.57. The number of furan rings is 1. The molecule has 1 aromatic heterocycles. The highest BCUT2D eigenvalue weighted by Crippen LogP contribution is 2.35. The molecule has 1 saturated heterocycles. The van der Waals surface area contributed by atoms with Gasteiger partial charge in [-0.3, -0.25) is 14.7 Å². The number of benzene rings is 3. The van der Waals surface area contributed by atoms with E-state index in [2.05, 4.69) is 0 Å². The molecule has 3 aromatic carbocycles. The first-order valence-electron chi connectivity index (χ1n) is 12.4.